The van der Waals surface area contributed by atoms with Crippen LogP contribution in [0.25, 0.3) is 10.8 Å². The second-order valence-corrected chi connectivity index (χ2v) is 5.71. The first-order chi connectivity index (χ1) is 9.31. The molecule has 0 amide bonds. The molecular weight excluding hydrogens is 302 g/mol. The highest BCUT2D eigenvalue weighted by atomic mass is 79.9. The van der Waals surface area contributed by atoms with Crippen LogP contribution in [0.2, 0.25) is 0 Å². The van der Waals surface area contributed by atoms with Gasteiger partial charge in [-0.25, -0.2) is 0 Å². The van der Waals surface area contributed by atoms with E-state index in [2.05, 4.69) is 63.7 Å². The minimum atomic E-state index is 0.283. The van der Waals surface area contributed by atoms with Crippen LogP contribution >= 0.6 is 15.9 Å². The summed E-state index contributed by atoms with van der Waals surface area (Å²) in [5.74, 6) is 0. The van der Waals surface area contributed by atoms with Gasteiger partial charge in [-0.3, -0.25) is 0 Å². The minimum absolute atomic E-state index is 0.283. The second-order valence-electron chi connectivity index (χ2n) is 4.79. The Bertz CT molecular complexity index is 609. The molecule has 3 rings (SSSR count). The number of benzene rings is 2. The van der Waals surface area contributed by atoms with E-state index in [9.17, 15) is 0 Å². The highest BCUT2D eigenvalue weighted by Gasteiger charge is 2.10. The molecule has 0 saturated carbocycles. The van der Waals surface area contributed by atoms with Crippen LogP contribution in [-0.2, 0) is 4.74 Å². The summed E-state index contributed by atoms with van der Waals surface area (Å²) < 4.78 is 6.67. The number of anilines is 1. The van der Waals surface area contributed by atoms with E-state index in [1.165, 1.54) is 10.8 Å². The van der Waals surface area contributed by atoms with E-state index in [4.69, 9.17) is 4.74 Å². The van der Waals surface area contributed by atoms with Crippen molar-refractivity contribution in [3.05, 3.63) is 53.2 Å². The number of hydrogen-bond acceptors (Lipinski definition) is 2. The lowest BCUT2D eigenvalue weighted by atomic mass is 10.1. The lowest BCUT2D eigenvalue weighted by Gasteiger charge is -2.20. The fourth-order valence-corrected chi connectivity index (χ4v) is 2.67. The fraction of sp³-hybridized carbons (Fsp3) is 0.250. The molecule has 1 heterocycles. The third-order valence-corrected chi connectivity index (χ3v) is 3.85. The molecule has 1 N–H and O–H groups in total. The molecule has 0 saturated heterocycles. The van der Waals surface area contributed by atoms with Crippen molar-refractivity contribution >= 4 is 32.4 Å². The number of halogens is 1. The van der Waals surface area contributed by atoms with E-state index in [1.807, 2.05) is 6.26 Å². The van der Waals surface area contributed by atoms with Crippen LogP contribution in [0.1, 0.15) is 12.8 Å². The monoisotopic (exact) mass is 317 g/mol. The summed E-state index contributed by atoms with van der Waals surface area (Å²) in [6, 6.07) is 12.8. The maximum absolute atomic E-state index is 5.55. The summed E-state index contributed by atoms with van der Waals surface area (Å²) in [5, 5.41) is 5.95. The fourth-order valence-electron chi connectivity index (χ4n) is 2.29. The second kappa shape index (κ2) is 5.66. The van der Waals surface area contributed by atoms with Crippen molar-refractivity contribution in [3.63, 3.8) is 0 Å². The topological polar surface area (TPSA) is 21.3 Å². The van der Waals surface area contributed by atoms with Gasteiger partial charge < -0.3 is 10.1 Å². The van der Waals surface area contributed by atoms with Crippen LogP contribution in [0.5, 0.6) is 0 Å². The smallest absolute Gasteiger partial charge is 0.115 e. The average Bonchev–Trinajstić information content (AvgIpc) is 2.46. The molecule has 0 spiro atoms. The van der Waals surface area contributed by atoms with Gasteiger partial charge in [-0.15, -0.1) is 0 Å². The van der Waals surface area contributed by atoms with Gasteiger partial charge in [-0.1, -0.05) is 28.1 Å². The number of ether oxygens (including phenoxy) is 1. The van der Waals surface area contributed by atoms with E-state index in [-0.39, 0.29) is 6.10 Å². The Labute approximate surface area is 121 Å². The quantitative estimate of drug-likeness (QED) is 0.885. The third kappa shape index (κ3) is 3.10. The highest BCUT2D eigenvalue weighted by Crippen LogP contribution is 2.23. The van der Waals surface area contributed by atoms with Gasteiger partial charge in [0.2, 0.25) is 0 Å². The molecule has 0 aliphatic carbocycles. The Balaban J connectivity index is 1.71. The summed E-state index contributed by atoms with van der Waals surface area (Å²) in [4.78, 5) is 0. The maximum atomic E-state index is 5.55. The highest BCUT2D eigenvalue weighted by molar-refractivity contribution is 9.10. The van der Waals surface area contributed by atoms with Gasteiger partial charge in [-0.2, -0.15) is 0 Å². The minimum Gasteiger partial charge on any atom is -0.497 e. The molecule has 98 valence electrons. The Morgan fingerprint density at radius 2 is 2.00 bits per heavy atom. The molecule has 0 fully saturated rings. The Morgan fingerprint density at radius 3 is 2.84 bits per heavy atom. The van der Waals surface area contributed by atoms with Crippen molar-refractivity contribution < 1.29 is 4.74 Å². The Kier molecular flexibility index (Phi) is 3.74. The van der Waals surface area contributed by atoms with Gasteiger partial charge in [0.05, 0.1) is 12.8 Å². The SMILES string of the molecule is Brc1ccc2cc(NCC3CCC=CO3)ccc2c1. The zero-order chi connectivity index (χ0) is 13.1. The van der Waals surface area contributed by atoms with Crippen LogP contribution in [0.4, 0.5) is 5.69 Å². The summed E-state index contributed by atoms with van der Waals surface area (Å²) >= 11 is 3.50. The van der Waals surface area contributed by atoms with E-state index in [0.717, 1.165) is 29.5 Å². The summed E-state index contributed by atoms with van der Waals surface area (Å²) in [7, 11) is 0. The van der Waals surface area contributed by atoms with Gasteiger partial charge in [0, 0.05) is 10.2 Å². The molecule has 2 nitrogen and oxygen atoms in total. The summed E-state index contributed by atoms with van der Waals surface area (Å²) in [5.41, 5.74) is 1.15. The number of nitrogens with one attached hydrogen (secondary N) is 1. The predicted octanol–water partition coefficient (Wildman–Crippen LogP) is 4.71. The number of hydrogen-bond donors (Lipinski definition) is 1. The lowest BCUT2D eigenvalue weighted by Crippen LogP contribution is -2.22. The van der Waals surface area contributed by atoms with Crippen LogP contribution < -0.4 is 5.32 Å². The summed E-state index contributed by atoms with van der Waals surface area (Å²) in [6.45, 7) is 0.854. The van der Waals surface area contributed by atoms with E-state index < -0.39 is 0 Å². The first kappa shape index (κ1) is 12.5. The summed E-state index contributed by atoms with van der Waals surface area (Å²) in [6.07, 6.45) is 6.37. The van der Waals surface area contributed by atoms with Gasteiger partial charge in [0.15, 0.2) is 0 Å². The lowest BCUT2D eigenvalue weighted by molar-refractivity contribution is 0.135. The Hall–Kier alpha value is -1.48. The number of rotatable bonds is 3. The van der Waals surface area contributed by atoms with Gasteiger partial charge in [-0.05, 0) is 54.0 Å². The Morgan fingerprint density at radius 1 is 1.16 bits per heavy atom. The molecule has 1 aliphatic heterocycles. The standard InChI is InChI=1S/C16H16BrNO/c17-14-6-4-13-10-15(7-5-12(13)9-14)18-11-16-3-1-2-8-19-16/h2,4-10,16,18H,1,3,11H2. The van der Waals surface area contributed by atoms with E-state index in [0.29, 0.717) is 0 Å². The van der Waals surface area contributed by atoms with Gasteiger partial charge in [0.25, 0.3) is 0 Å². The van der Waals surface area contributed by atoms with Crippen molar-refractivity contribution in [1.29, 1.82) is 0 Å². The molecule has 3 heteroatoms. The van der Waals surface area contributed by atoms with Crippen molar-refractivity contribution in [1.82, 2.24) is 0 Å². The molecular formula is C16H16BrNO. The van der Waals surface area contributed by atoms with Crippen molar-refractivity contribution in [3.8, 4) is 0 Å². The first-order valence-electron chi connectivity index (χ1n) is 6.55. The molecule has 1 aliphatic rings. The van der Waals surface area contributed by atoms with Crippen molar-refractivity contribution in [2.24, 2.45) is 0 Å². The zero-order valence-electron chi connectivity index (χ0n) is 10.6. The molecule has 0 aromatic heterocycles. The van der Waals surface area contributed by atoms with Gasteiger partial charge >= 0.3 is 0 Å². The van der Waals surface area contributed by atoms with Gasteiger partial charge in [0.1, 0.15) is 6.10 Å². The molecule has 1 unspecified atom stereocenters. The molecule has 2 aromatic rings. The van der Waals surface area contributed by atoms with Crippen LogP contribution in [0, 0.1) is 0 Å². The van der Waals surface area contributed by atoms with Crippen LogP contribution in [-0.4, -0.2) is 12.6 Å². The number of allylic oxidation sites excluding steroid dienone is 1. The molecule has 2 aromatic carbocycles. The molecule has 1 atom stereocenters. The van der Waals surface area contributed by atoms with Crippen LogP contribution in [0.15, 0.2) is 53.2 Å². The van der Waals surface area contributed by atoms with E-state index >= 15 is 0 Å². The van der Waals surface area contributed by atoms with Crippen molar-refractivity contribution in [2.45, 2.75) is 18.9 Å². The van der Waals surface area contributed by atoms with Crippen molar-refractivity contribution in [2.75, 3.05) is 11.9 Å². The molecule has 19 heavy (non-hydrogen) atoms. The third-order valence-electron chi connectivity index (χ3n) is 3.36. The average molecular weight is 318 g/mol. The van der Waals surface area contributed by atoms with E-state index in [1.54, 1.807) is 0 Å². The maximum Gasteiger partial charge on any atom is 0.115 e. The molecule has 0 bridgehead atoms. The van der Waals surface area contributed by atoms with Crippen LogP contribution in [0.3, 0.4) is 0 Å². The largest absolute Gasteiger partial charge is 0.497 e. The molecule has 0 radical (unpaired) electrons. The predicted molar refractivity (Wildman–Crippen MR) is 83.4 cm³/mol. The number of fused-ring (bicyclic) bond motifs is 1. The normalized spacial score (nSPS) is 18.3. The first-order valence-corrected chi connectivity index (χ1v) is 7.34. The zero-order valence-corrected chi connectivity index (χ0v) is 12.2.